The monoisotopic (exact) mass is 325 g/mol. The van der Waals surface area contributed by atoms with E-state index in [-0.39, 0.29) is 0 Å². The molecule has 0 bridgehead atoms. The fraction of sp³-hybridized carbons (Fsp3) is 0.0833. The van der Waals surface area contributed by atoms with Crippen LogP contribution in [0.15, 0.2) is 43.4 Å². The van der Waals surface area contributed by atoms with Gasteiger partial charge in [0.1, 0.15) is 10.4 Å². The Balaban J connectivity index is 2.17. The van der Waals surface area contributed by atoms with Crippen LogP contribution in [-0.4, -0.2) is 11.2 Å². The Morgan fingerprint density at radius 1 is 1.35 bits per heavy atom. The topological polar surface area (TPSA) is 26.0 Å². The Labute approximate surface area is 115 Å². The zero-order valence-corrected chi connectivity index (χ0v) is 12.2. The lowest BCUT2D eigenvalue weighted by Crippen LogP contribution is -1.72. The lowest BCUT2D eigenvalue weighted by Gasteiger charge is -1.92. The van der Waals surface area contributed by atoms with E-state index in [0.717, 1.165) is 20.4 Å². The number of benzene rings is 1. The van der Waals surface area contributed by atoms with Gasteiger partial charge in [-0.15, -0.1) is 23.1 Å². The average molecular weight is 326 g/mol. The van der Waals surface area contributed by atoms with Crippen LogP contribution in [0.2, 0.25) is 0 Å². The van der Waals surface area contributed by atoms with Gasteiger partial charge in [0, 0.05) is 9.37 Å². The highest BCUT2D eigenvalue weighted by Crippen LogP contribution is 2.35. The fourth-order valence-electron chi connectivity index (χ4n) is 1.58. The third-order valence-electron chi connectivity index (χ3n) is 2.41. The number of halogens is 1. The predicted octanol–water partition coefficient (Wildman–Crippen LogP) is 5.04. The van der Waals surface area contributed by atoms with Crippen molar-refractivity contribution in [3.05, 3.63) is 34.1 Å². The molecule has 86 valence electrons. The normalized spacial score (nSPS) is 11.2. The van der Waals surface area contributed by atoms with Gasteiger partial charge in [-0.2, -0.15) is 0 Å². The quantitative estimate of drug-likeness (QED) is 0.617. The van der Waals surface area contributed by atoms with E-state index in [0.29, 0.717) is 5.89 Å². The maximum atomic E-state index is 5.75. The summed E-state index contributed by atoms with van der Waals surface area (Å²) in [6.45, 7) is 0. The van der Waals surface area contributed by atoms with E-state index in [2.05, 4.69) is 33.2 Å². The molecule has 0 fully saturated rings. The summed E-state index contributed by atoms with van der Waals surface area (Å²) >= 11 is 6.82. The highest BCUT2D eigenvalue weighted by Gasteiger charge is 2.12. The lowest BCUT2D eigenvalue weighted by molar-refractivity contribution is 0.621. The summed E-state index contributed by atoms with van der Waals surface area (Å²) in [7, 11) is 0. The van der Waals surface area contributed by atoms with E-state index in [9.17, 15) is 0 Å². The highest BCUT2D eigenvalue weighted by atomic mass is 79.9. The first-order chi connectivity index (χ1) is 8.28. The summed E-state index contributed by atoms with van der Waals surface area (Å²) < 4.78 is 6.78. The van der Waals surface area contributed by atoms with Crippen molar-refractivity contribution in [1.82, 2.24) is 4.98 Å². The smallest absolute Gasteiger partial charge is 0.238 e. The number of hydrogen-bond donors (Lipinski definition) is 0. The molecule has 17 heavy (non-hydrogen) atoms. The van der Waals surface area contributed by atoms with Crippen molar-refractivity contribution >= 4 is 50.1 Å². The molecule has 1 aromatic carbocycles. The highest BCUT2D eigenvalue weighted by molar-refractivity contribution is 9.10. The number of rotatable bonds is 2. The van der Waals surface area contributed by atoms with E-state index in [1.165, 1.54) is 4.90 Å². The number of aromatic nitrogens is 1. The molecule has 0 saturated carbocycles. The van der Waals surface area contributed by atoms with Crippen molar-refractivity contribution in [3.8, 4) is 10.8 Å². The van der Waals surface area contributed by atoms with Crippen LogP contribution in [0.5, 0.6) is 0 Å². The van der Waals surface area contributed by atoms with Crippen molar-refractivity contribution in [2.75, 3.05) is 6.26 Å². The largest absolute Gasteiger partial charge is 0.435 e. The molecule has 0 unspecified atom stereocenters. The molecule has 0 spiro atoms. The van der Waals surface area contributed by atoms with Gasteiger partial charge < -0.3 is 4.42 Å². The molecule has 0 aliphatic carbocycles. The second-order valence-corrected chi connectivity index (χ2v) is 6.10. The van der Waals surface area contributed by atoms with E-state index < -0.39 is 0 Å². The van der Waals surface area contributed by atoms with Gasteiger partial charge >= 0.3 is 0 Å². The van der Waals surface area contributed by atoms with Gasteiger partial charge in [0.2, 0.25) is 5.89 Å². The van der Waals surface area contributed by atoms with E-state index >= 15 is 0 Å². The molecule has 2 nitrogen and oxygen atoms in total. The zero-order chi connectivity index (χ0) is 11.8. The van der Waals surface area contributed by atoms with E-state index in [1.54, 1.807) is 23.1 Å². The molecule has 2 aromatic heterocycles. The maximum Gasteiger partial charge on any atom is 0.238 e. The molecule has 0 atom stereocenters. The van der Waals surface area contributed by atoms with Gasteiger partial charge in [-0.05, 0) is 51.8 Å². The van der Waals surface area contributed by atoms with Gasteiger partial charge in [0.05, 0.1) is 0 Å². The van der Waals surface area contributed by atoms with Crippen LogP contribution in [0, 0.1) is 0 Å². The molecule has 0 radical (unpaired) electrons. The average Bonchev–Trinajstić information content (AvgIpc) is 2.93. The van der Waals surface area contributed by atoms with Crippen molar-refractivity contribution < 1.29 is 4.42 Å². The van der Waals surface area contributed by atoms with Crippen LogP contribution < -0.4 is 0 Å². The number of nitrogens with zero attached hydrogens (tertiary/aromatic N) is 1. The first-order valence-electron chi connectivity index (χ1n) is 4.96. The van der Waals surface area contributed by atoms with Gasteiger partial charge in [-0.3, -0.25) is 0 Å². The Morgan fingerprint density at radius 3 is 2.94 bits per heavy atom. The van der Waals surface area contributed by atoms with Crippen LogP contribution in [0.3, 0.4) is 0 Å². The molecular weight excluding hydrogens is 318 g/mol. The lowest BCUT2D eigenvalue weighted by atomic mass is 10.3. The Bertz CT molecular complexity index is 674. The minimum absolute atomic E-state index is 0.681. The zero-order valence-electron chi connectivity index (χ0n) is 8.94. The van der Waals surface area contributed by atoms with Crippen molar-refractivity contribution in [3.63, 3.8) is 0 Å². The molecule has 5 heteroatoms. The molecule has 3 aromatic rings. The summed E-state index contributed by atoms with van der Waals surface area (Å²) in [5.74, 6) is 0.681. The number of thiophene rings is 1. The van der Waals surface area contributed by atoms with Gasteiger partial charge in [-0.25, -0.2) is 4.98 Å². The standard InChI is InChI=1S/C12H8BrNOS2/c1-16-7-2-3-10-9(6-7)14-12(15-10)11-8(13)4-5-17-11/h2-6H,1H3. The molecule has 0 amide bonds. The van der Waals surface area contributed by atoms with Gasteiger partial charge in [-0.1, -0.05) is 0 Å². The van der Waals surface area contributed by atoms with Crippen LogP contribution >= 0.6 is 39.0 Å². The third kappa shape index (κ3) is 2.03. The molecule has 0 saturated heterocycles. The number of hydrogen-bond acceptors (Lipinski definition) is 4. The first-order valence-corrected chi connectivity index (χ1v) is 7.85. The van der Waals surface area contributed by atoms with Gasteiger partial charge in [0.15, 0.2) is 5.58 Å². The second-order valence-electron chi connectivity index (χ2n) is 3.45. The number of fused-ring (bicyclic) bond motifs is 1. The first kappa shape index (κ1) is 11.3. The van der Waals surface area contributed by atoms with Crippen molar-refractivity contribution in [2.45, 2.75) is 4.90 Å². The third-order valence-corrected chi connectivity index (χ3v) is 4.96. The van der Waals surface area contributed by atoms with Gasteiger partial charge in [0.25, 0.3) is 0 Å². The minimum Gasteiger partial charge on any atom is -0.435 e. The molecule has 3 rings (SSSR count). The molecule has 0 aliphatic rings. The van der Waals surface area contributed by atoms with Crippen LogP contribution in [0.4, 0.5) is 0 Å². The van der Waals surface area contributed by atoms with E-state index in [4.69, 9.17) is 4.42 Å². The number of thioether (sulfide) groups is 1. The summed E-state index contributed by atoms with van der Waals surface area (Å²) in [5, 5.41) is 2.02. The Morgan fingerprint density at radius 2 is 2.24 bits per heavy atom. The Kier molecular flexibility index (Phi) is 2.98. The molecule has 0 aliphatic heterocycles. The van der Waals surface area contributed by atoms with E-state index in [1.807, 2.05) is 23.6 Å². The summed E-state index contributed by atoms with van der Waals surface area (Å²) in [6, 6.07) is 8.07. The van der Waals surface area contributed by atoms with Crippen LogP contribution in [0.25, 0.3) is 21.9 Å². The molecular formula is C12H8BrNOS2. The Hall–Kier alpha value is -0.780. The molecule has 2 heterocycles. The molecule has 0 N–H and O–H groups in total. The second kappa shape index (κ2) is 4.48. The summed E-state index contributed by atoms with van der Waals surface area (Å²) in [6.07, 6.45) is 2.05. The SMILES string of the molecule is CSc1ccc2oc(-c3sccc3Br)nc2c1. The summed E-state index contributed by atoms with van der Waals surface area (Å²) in [4.78, 5) is 6.76. The fourth-order valence-corrected chi connectivity index (χ4v) is 3.48. The van der Waals surface area contributed by atoms with Crippen LogP contribution in [-0.2, 0) is 0 Å². The number of oxazole rings is 1. The maximum absolute atomic E-state index is 5.75. The van der Waals surface area contributed by atoms with Crippen LogP contribution in [0.1, 0.15) is 0 Å². The minimum atomic E-state index is 0.681. The summed E-state index contributed by atoms with van der Waals surface area (Å²) in [5.41, 5.74) is 1.74. The van der Waals surface area contributed by atoms with Crippen molar-refractivity contribution in [1.29, 1.82) is 0 Å². The predicted molar refractivity (Wildman–Crippen MR) is 76.8 cm³/mol. The van der Waals surface area contributed by atoms with Crippen molar-refractivity contribution in [2.24, 2.45) is 0 Å².